The number of carbonyl (C=O) groups excluding carboxylic acids is 2. The van der Waals surface area contributed by atoms with Gasteiger partial charge < -0.3 is 20.3 Å². The maximum atomic E-state index is 12.5. The SMILES string of the molecule is CCC/C=C\C/C=C\CCCCCCCC(=O)OCCCCCCCCCCCCCC/C=C\CCCCCCCCCCC(=O)NC(CO)C(O)CCCCCCCCCCCCCCCCCCCCCCCCC. The highest BCUT2D eigenvalue weighted by Gasteiger charge is 2.20. The number of esters is 1. The summed E-state index contributed by atoms with van der Waals surface area (Å²) in [5.41, 5.74) is 0. The van der Waals surface area contributed by atoms with Crippen LogP contribution in [0.25, 0.3) is 0 Å². The van der Waals surface area contributed by atoms with E-state index < -0.39 is 12.1 Å². The van der Waals surface area contributed by atoms with Crippen molar-refractivity contribution in [1.29, 1.82) is 0 Å². The lowest BCUT2D eigenvalue weighted by Crippen LogP contribution is -2.45. The Kier molecular flexibility index (Phi) is 64.9. The Hall–Kier alpha value is -1.92. The van der Waals surface area contributed by atoms with E-state index >= 15 is 0 Å². The van der Waals surface area contributed by atoms with Crippen LogP contribution in [0.1, 0.15) is 380 Å². The van der Waals surface area contributed by atoms with Crippen molar-refractivity contribution >= 4 is 11.9 Å². The summed E-state index contributed by atoms with van der Waals surface area (Å²) in [7, 11) is 0. The van der Waals surface area contributed by atoms with Crippen molar-refractivity contribution in [3.63, 3.8) is 0 Å². The summed E-state index contributed by atoms with van der Waals surface area (Å²) in [6, 6.07) is -0.547. The molecule has 0 aromatic heterocycles. The molecule has 0 saturated heterocycles. The molecule has 0 aliphatic carbocycles. The second-order valence-electron chi connectivity index (χ2n) is 23.9. The van der Waals surface area contributed by atoms with Crippen LogP contribution in [0, 0.1) is 0 Å². The zero-order valence-corrected chi connectivity index (χ0v) is 52.0. The van der Waals surface area contributed by atoms with Crippen molar-refractivity contribution in [2.24, 2.45) is 0 Å². The summed E-state index contributed by atoms with van der Waals surface area (Å²) in [4.78, 5) is 24.6. The largest absolute Gasteiger partial charge is 0.466 e. The average Bonchev–Trinajstić information content (AvgIpc) is 3.43. The third-order valence-electron chi connectivity index (χ3n) is 16.1. The second-order valence-corrected chi connectivity index (χ2v) is 23.9. The number of hydrogen-bond acceptors (Lipinski definition) is 5. The van der Waals surface area contributed by atoms with E-state index in [0.29, 0.717) is 25.9 Å². The van der Waals surface area contributed by atoms with Gasteiger partial charge in [-0.05, 0) is 77.0 Å². The van der Waals surface area contributed by atoms with E-state index in [1.54, 1.807) is 0 Å². The summed E-state index contributed by atoms with van der Waals surface area (Å²) in [5.74, 6) is -0.0380. The number of aliphatic hydroxyl groups is 2. The van der Waals surface area contributed by atoms with Gasteiger partial charge in [-0.1, -0.05) is 326 Å². The first kappa shape index (κ1) is 75.1. The van der Waals surface area contributed by atoms with E-state index in [4.69, 9.17) is 4.74 Å². The molecule has 0 spiro atoms. The lowest BCUT2D eigenvalue weighted by atomic mass is 10.0. The molecule has 0 fully saturated rings. The van der Waals surface area contributed by atoms with Crippen molar-refractivity contribution in [2.45, 2.75) is 392 Å². The predicted octanol–water partition coefficient (Wildman–Crippen LogP) is 22.3. The summed E-state index contributed by atoms with van der Waals surface area (Å²) in [5, 5.41) is 23.4. The number of carbonyl (C=O) groups is 2. The summed E-state index contributed by atoms with van der Waals surface area (Å²) in [6.45, 7) is 4.91. The molecule has 6 nitrogen and oxygen atoms in total. The van der Waals surface area contributed by atoms with Crippen LogP contribution in [0.4, 0.5) is 0 Å². The van der Waals surface area contributed by atoms with Gasteiger partial charge in [-0.3, -0.25) is 9.59 Å². The molecule has 2 unspecified atom stereocenters. The van der Waals surface area contributed by atoms with Crippen LogP contribution >= 0.6 is 0 Å². The lowest BCUT2D eigenvalue weighted by molar-refractivity contribution is -0.143. The van der Waals surface area contributed by atoms with E-state index in [9.17, 15) is 19.8 Å². The summed E-state index contributed by atoms with van der Waals surface area (Å²) < 4.78 is 5.47. The van der Waals surface area contributed by atoms with Gasteiger partial charge >= 0.3 is 5.97 Å². The standard InChI is InChI=1S/C71H135NO5/c1-3-5-7-9-11-13-15-17-18-19-20-21-24-27-30-33-36-40-43-47-51-55-59-63-69(74)68(67-73)72-70(75)64-60-56-52-48-44-41-37-34-31-28-25-22-23-26-29-32-35-38-42-46-50-54-58-62-66-77-71(76)65-61-57-53-49-45-39-16-14-12-10-8-6-4-2/h8,10,14,16,25,28,68-69,73-74H,3-7,9,11-13,15,17-24,26-27,29-67H2,1-2H3,(H,72,75)/b10-8-,16-14-,28-25-. The van der Waals surface area contributed by atoms with E-state index in [2.05, 4.69) is 55.6 Å². The van der Waals surface area contributed by atoms with Gasteiger partial charge in [0.2, 0.25) is 5.91 Å². The van der Waals surface area contributed by atoms with Crippen LogP contribution in [-0.2, 0) is 14.3 Å². The summed E-state index contributed by atoms with van der Waals surface area (Å²) in [6.07, 6.45) is 84.7. The third kappa shape index (κ3) is 63.1. The Labute approximate surface area is 481 Å². The number of unbranched alkanes of at least 4 members (excludes halogenated alkanes) is 48. The number of amides is 1. The van der Waals surface area contributed by atoms with Crippen LogP contribution in [0.2, 0.25) is 0 Å². The van der Waals surface area contributed by atoms with Gasteiger partial charge in [0.15, 0.2) is 0 Å². The monoisotopic (exact) mass is 1080 g/mol. The van der Waals surface area contributed by atoms with Crippen LogP contribution in [0.5, 0.6) is 0 Å². The molecule has 0 heterocycles. The van der Waals surface area contributed by atoms with Crippen molar-refractivity contribution in [1.82, 2.24) is 5.32 Å². The van der Waals surface area contributed by atoms with Gasteiger partial charge in [0, 0.05) is 12.8 Å². The molecule has 0 aromatic carbocycles. The molecule has 0 radical (unpaired) electrons. The first-order valence-electron chi connectivity index (χ1n) is 34.7. The van der Waals surface area contributed by atoms with Crippen molar-refractivity contribution in [3.8, 4) is 0 Å². The first-order valence-corrected chi connectivity index (χ1v) is 34.7. The molecule has 0 aliphatic heterocycles. The zero-order valence-electron chi connectivity index (χ0n) is 52.0. The number of ether oxygens (including phenoxy) is 1. The molecule has 77 heavy (non-hydrogen) atoms. The van der Waals surface area contributed by atoms with E-state index in [0.717, 1.165) is 51.4 Å². The lowest BCUT2D eigenvalue weighted by Gasteiger charge is -2.22. The maximum Gasteiger partial charge on any atom is 0.305 e. The van der Waals surface area contributed by atoms with Crippen molar-refractivity contribution < 1.29 is 24.5 Å². The fourth-order valence-electron chi connectivity index (χ4n) is 10.9. The van der Waals surface area contributed by atoms with Crippen LogP contribution in [0.15, 0.2) is 36.5 Å². The van der Waals surface area contributed by atoms with Crippen LogP contribution < -0.4 is 5.32 Å². The van der Waals surface area contributed by atoms with Gasteiger partial charge in [-0.25, -0.2) is 0 Å². The molecular formula is C71H135NO5. The smallest absolute Gasteiger partial charge is 0.305 e. The quantitative estimate of drug-likeness (QED) is 0.0320. The van der Waals surface area contributed by atoms with Gasteiger partial charge in [0.25, 0.3) is 0 Å². The molecule has 0 aliphatic rings. The second kappa shape index (κ2) is 66.6. The average molecular weight is 1080 g/mol. The highest BCUT2D eigenvalue weighted by molar-refractivity contribution is 5.76. The maximum absolute atomic E-state index is 12.5. The van der Waals surface area contributed by atoms with Crippen molar-refractivity contribution in [2.75, 3.05) is 13.2 Å². The van der Waals surface area contributed by atoms with E-state index in [1.165, 1.54) is 295 Å². The van der Waals surface area contributed by atoms with Gasteiger partial charge in [0.1, 0.15) is 0 Å². The molecule has 0 saturated carbocycles. The van der Waals surface area contributed by atoms with Gasteiger partial charge in [-0.15, -0.1) is 0 Å². The first-order chi connectivity index (χ1) is 38.0. The minimum Gasteiger partial charge on any atom is -0.466 e. The van der Waals surface area contributed by atoms with Gasteiger partial charge in [0.05, 0.1) is 25.4 Å². The molecule has 1 amide bonds. The third-order valence-corrected chi connectivity index (χ3v) is 16.1. The Morgan fingerprint density at radius 1 is 0.364 bits per heavy atom. The number of hydrogen-bond donors (Lipinski definition) is 3. The fraction of sp³-hybridized carbons (Fsp3) is 0.887. The molecule has 3 N–H and O–H groups in total. The number of aliphatic hydroxyl groups excluding tert-OH is 2. The number of allylic oxidation sites excluding steroid dienone is 6. The Balaban J connectivity index is 3.41. The summed E-state index contributed by atoms with van der Waals surface area (Å²) >= 11 is 0. The normalized spacial score (nSPS) is 12.7. The van der Waals surface area contributed by atoms with E-state index in [1.807, 2.05) is 0 Å². The zero-order chi connectivity index (χ0) is 55.7. The fourth-order valence-corrected chi connectivity index (χ4v) is 10.9. The molecule has 6 heteroatoms. The van der Waals surface area contributed by atoms with E-state index in [-0.39, 0.29) is 18.5 Å². The minimum atomic E-state index is -0.669. The molecule has 0 aromatic rings. The molecule has 454 valence electrons. The number of rotatable bonds is 65. The predicted molar refractivity (Wildman–Crippen MR) is 338 cm³/mol. The molecule has 2 atom stereocenters. The van der Waals surface area contributed by atoms with Crippen LogP contribution in [-0.4, -0.2) is 47.4 Å². The molecular weight excluding hydrogens is 947 g/mol. The molecule has 0 rings (SSSR count). The Bertz CT molecular complexity index is 1250. The minimum absolute atomic E-state index is 0.00236. The Morgan fingerprint density at radius 3 is 1.05 bits per heavy atom. The van der Waals surface area contributed by atoms with Gasteiger partial charge in [-0.2, -0.15) is 0 Å². The number of nitrogens with one attached hydrogen (secondary N) is 1. The Morgan fingerprint density at radius 2 is 0.675 bits per heavy atom. The molecule has 0 bridgehead atoms. The highest BCUT2D eigenvalue weighted by atomic mass is 16.5. The van der Waals surface area contributed by atoms with Crippen molar-refractivity contribution in [3.05, 3.63) is 36.5 Å². The highest BCUT2D eigenvalue weighted by Crippen LogP contribution is 2.19. The van der Waals surface area contributed by atoms with Crippen LogP contribution in [0.3, 0.4) is 0 Å². The topological polar surface area (TPSA) is 95.9 Å².